The number of fused-ring (bicyclic) bond motifs is 1. The van der Waals surface area contributed by atoms with Crippen LogP contribution < -0.4 is 5.32 Å². The van der Waals surface area contributed by atoms with E-state index < -0.39 is 0 Å². The quantitative estimate of drug-likeness (QED) is 0.725. The minimum Gasteiger partial charge on any atom is -0.290 e. The normalized spacial score (nSPS) is 11.5. The maximum atomic E-state index is 11.7. The lowest BCUT2D eigenvalue weighted by atomic mass is 10.4. The molecule has 0 saturated heterocycles. The van der Waals surface area contributed by atoms with Crippen molar-refractivity contribution in [2.45, 2.75) is 6.92 Å². The number of hydrogen-bond acceptors (Lipinski definition) is 5. The molecule has 9 heteroatoms. The fraction of sp³-hybridized carbons (Fsp3) is 0.0909. The molecule has 0 aromatic carbocycles. The molecule has 3 aromatic rings. The number of rotatable bonds is 3. The SMILES string of the molecule is Cc1nc(NC(=O)/C=C/c2c(Cl)nc3sccn23)n[nH]1. The summed E-state index contributed by atoms with van der Waals surface area (Å²) in [4.78, 5) is 20.7. The Balaban J connectivity index is 1.78. The Hall–Kier alpha value is -2.19. The summed E-state index contributed by atoms with van der Waals surface area (Å²) in [5.41, 5.74) is 0.657. The van der Waals surface area contributed by atoms with E-state index >= 15 is 0 Å². The van der Waals surface area contributed by atoms with E-state index in [4.69, 9.17) is 11.6 Å². The molecule has 0 fully saturated rings. The van der Waals surface area contributed by atoms with Gasteiger partial charge in [0.2, 0.25) is 5.95 Å². The number of halogens is 1. The molecule has 0 aliphatic heterocycles. The van der Waals surface area contributed by atoms with E-state index in [1.165, 1.54) is 17.4 Å². The van der Waals surface area contributed by atoms with E-state index in [1.54, 1.807) is 13.0 Å². The number of imidazole rings is 1. The van der Waals surface area contributed by atoms with Gasteiger partial charge < -0.3 is 0 Å². The number of aryl methyl sites for hydroxylation is 1. The van der Waals surface area contributed by atoms with Crippen LogP contribution in [0.4, 0.5) is 5.95 Å². The van der Waals surface area contributed by atoms with E-state index in [0.717, 1.165) is 4.96 Å². The van der Waals surface area contributed by atoms with Gasteiger partial charge in [0.1, 0.15) is 5.82 Å². The molecule has 0 radical (unpaired) electrons. The third-order valence-corrected chi connectivity index (χ3v) is 3.51. The highest BCUT2D eigenvalue weighted by atomic mass is 35.5. The van der Waals surface area contributed by atoms with E-state index in [9.17, 15) is 4.79 Å². The minimum absolute atomic E-state index is 0.234. The molecule has 0 atom stereocenters. The lowest BCUT2D eigenvalue weighted by Gasteiger charge is -1.94. The second-order valence-corrected chi connectivity index (χ2v) is 5.14. The third kappa shape index (κ3) is 2.43. The van der Waals surface area contributed by atoms with Gasteiger partial charge in [0, 0.05) is 17.7 Å². The van der Waals surface area contributed by atoms with Crippen LogP contribution in [0.5, 0.6) is 0 Å². The van der Waals surface area contributed by atoms with Crippen molar-refractivity contribution in [3.63, 3.8) is 0 Å². The largest absolute Gasteiger partial charge is 0.290 e. The number of nitrogens with zero attached hydrogens (tertiary/aromatic N) is 4. The molecule has 2 N–H and O–H groups in total. The Morgan fingerprint density at radius 2 is 2.40 bits per heavy atom. The Morgan fingerprint density at radius 1 is 1.55 bits per heavy atom. The van der Waals surface area contributed by atoms with Crippen molar-refractivity contribution in [2.24, 2.45) is 0 Å². The number of aromatic amines is 1. The highest BCUT2D eigenvalue weighted by Crippen LogP contribution is 2.22. The smallest absolute Gasteiger partial charge is 0.250 e. The van der Waals surface area contributed by atoms with Crippen LogP contribution in [-0.4, -0.2) is 30.5 Å². The zero-order valence-corrected chi connectivity index (χ0v) is 11.9. The average Bonchev–Trinajstić information content (AvgIpc) is 3.05. The van der Waals surface area contributed by atoms with Crippen LogP contribution in [-0.2, 0) is 4.79 Å². The number of anilines is 1. The maximum absolute atomic E-state index is 11.7. The van der Waals surface area contributed by atoms with Crippen molar-refractivity contribution in [1.82, 2.24) is 24.6 Å². The van der Waals surface area contributed by atoms with Crippen LogP contribution in [0, 0.1) is 6.92 Å². The van der Waals surface area contributed by atoms with Gasteiger partial charge in [0.25, 0.3) is 5.91 Å². The number of hydrogen-bond donors (Lipinski definition) is 2. The summed E-state index contributed by atoms with van der Waals surface area (Å²) in [6.45, 7) is 1.75. The summed E-state index contributed by atoms with van der Waals surface area (Å²) >= 11 is 7.49. The number of carbonyl (C=O) groups excluding carboxylic acids is 1. The number of H-pyrrole nitrogens is 1. The maximum Gasteiger partial charge on any atom is 0.250 e. The highest BCUT2D eigenvalue weighted by Gasteiger charge is 2.09. The van der Waals surface area contributed by atoms with Crippen molar-refractivity contribution in [2.75, 3.05) is 5.32 Å². The monoisotopic (exact) mass is 308 g/mol. The first kappa shape index (κ1) is 12.8. The van der Waals surface area contributed by atoms with E-state index in [-0.39, 0.29) is 11.9 Å². The molecule has 3 heterocycles. The summed E-state index contributed by atoms with van der Waals surface area (Å²) in [6, 6.07) is 0. The van der Waals surface area contributed by atoms with Gasteiger partial charge in [-0.3, -0.25) is 19.6 Å². The first-order chi connectivity index (χ1) is 9.63. The molecule has 102 valence electrons. The summed E-state index contributed by atoms with van der Waals surface area (Å²) < 4.78 is 1.81. The van der Waals surface area contributed by atoms with E-state index in [0.29, 0.717) is 16.7 Å². The second kappa shape index (κ2) is 5.06. The van der Waals surface area contributed by atoms with Gasteiger partial charge >= 0.3 is 0 Å². The Bertz CT molecular complexity index is 801. The van der Waals surface area contributed by atoms with Gasteiger partial charge in [-0.2, -0.15) is 4.98 Å². The van der Waals surface area contributed by atoms with E-state index in [1.807, 2.05) is 16.0 Å². The predicted octanol–water partition coefficient (Wildman–Crippen LogP) is 2.13. The fourth-order valence-electron chi connectivity index (χ4n) is 1.63. The number of aromatic nitrogens is 5. The van der Waals surface area contributed by atoms with Crippen LogP contribution >= 0.6 is 22.9 Å². The Kier molecular flexibility index (Phi) is 3.25. The molecule has 1 amide bonds. The topological polar surface area (TPSA) is 88.0 Å². The molecule has 0 bridgehead atoms. The molecule has 0 aliphatic rings. The van der Waals surface area contributed by atoms with Gasteiger partial charge in [-0.15, -0.1) is 16.4 Å². The van der Waals surface area contributed by atoms with Gasteiger partial charge in [-0.1, -0.05) is 11.6 Å². The van der Waals surface area contributed by atoms with Crippen LogP contribution in [0.15, 0.2) is 17.7 Å². The first-order valence-electron chi connectivity index (χ1n) is 5.62. The Labute approximate surface area is 122 Å². The van der Waals surface area contributed by atoms with Crippen LogP contribution in [0.3, 0.4) is 0 Å². The minimum atomic E-state index is -0.342. The fourth-order valence-corrected chi connectivity index (χ4v) is 2.64. The van der Waals surface area contributed by atoms with Crippen LogP contribution in [0.1, 0.15) is 11.5 Å². The molecule has 0 unspecified atom stereocenters. The molecule has 3 aromatic heterocycles. The van der Waals surface area contributed by atoms with Gasteiger partial charge in [-0.25, -0.2) is 4.98 Å². The van der Waals surface area contributed by atoms with Gasteiger partial charge in [0.05, 0.1) is 5.69 Å². The molecule has 7 nitrogen and oxygen atoms in total. The summed E-state index contributed by atoms with van der Waals surface area (Å²) in [6.07, 6.45) is 4.80. The first-order valence-corrected chi connectivity index (χ1v) is 6.88. The Morgan fingerprint density at radius 3 is 3.15 bits per heavy atom. The standard InChI is InChI=1S/C11H9ClN6OS/c1-6-13-10(17-16-6)14-8(19)3-2-7-9(12)15-11-18(7)4-5-20-11/h2-5H,1H3,(H2,13,14,16,17,19)/b3-2+. The highest BCUT2D eigenvalue weighted by molar-refractivity contribution is 7.15. The number of carbonyl (C=O) groups is 1. The van der Waals surface area contributed by atoms with Crippen molar-refractivity contribution in [3.8, 4) is 0 Å². The molecular weight excluding hydrogens is 300 g/mol. The molecular formula is C11H9ClN6OS. The molecule has 0 saturated carbocycles. The second-order valence-electron chi connectivity index (χ2n) is 3.91. The van der Waals surface area contributed by atoms with Crippen molar-refractivity contribution in [1.29, 1.82) is 0 Å². The lowest BCUT2D eigenvalue weighted by molar-refractivity contribution is -0.111. The predicted molar refractivity (Wildman–Crippen MR) is 76.9 cm³/mol. The zero-order chi connectivity index (χ0) is 14.1. The summed E-state index contributed by atoms with van der Waals surface area (Å²) in [7, 11) is 0. The number of thiazole rings is 1. The van der Waals surface area contributed by atoms with Crippen LogP contribution in [0.25, 0.3) is 11.0 Å². The lowest BCUT2D eigenvalue weighted by Crippen LogP contribution is -2.09. The number of nitrogens with one attached hydrogen (secondary N) is 2. The average molecular weight is 309 g/mol. The van der Waals surface area contributed by atoms with Gasteiger partial charge in [-0.05, 0) is 13.0 Å². The zero-order valence-electron chi connectivity index (χ0n) is 10.3. The van der Waals surface area contributed by atoms with E-state index in [2.05, 4.69) is 25.5 Å². The summed E-state index contributed by atoms with van der Waals surface area (Å²) in [5.74, 6) is 0.519. The van der Waals surface area contributed by atoms with Gasteiger partial charge in [0.15, 0.2) is 10.1 Å². The number of amides is 1. The van der Waals surface area contributed by atoms with Crippen LogP contribution in [0.2, 0.25) is 5.15 Å². The van der Waals surface area contributed by atoms with Crippen molar-refractivity contribution < 1.29 is 4.79 Å². The molecule has 20 heavy (non-hydrogen) atoms. The van der Waals surface area contributed by atoms with Crippen molar-refractivity contribution in [3.05, 3.63) is 34.3 Å². The molecule has 0 aliphatic carbocycles. The third-order valence-electron chi connectivity index (χ3n) is 2.48. The van der Waals surface area contributed by atoms with Crippen molar-refractivity contribution >= 4 is 45.8 Å². The summed E-state index contributed by atoms with van der Waals surface area (Å²) in [5, 5.41) is 11.2. The molecule has 3 rings (SSSR count). The molecule has 0 spiro atoms.